The molecule has 0 saturated carbocycles. The first kappa shape index (κ1) is 14.0. The number of benzene rings is 1. The Labute approximate surface area is 117 Å². The molecule has 2 nitrogen and oxygen atoms in total. The van der Waals surface area contributed by atoms with Gasteiger partial charge in [0.2, 0.25) is 0 Å². The molecule has 0 fully saturated rings. The standard InChI is InChI=1S/C16H23BO2/c1-2-3-4-5-6-7-8-11-14-17-18-15-12-9-10-13-16(15)19-17/h9-14H,2-8H2,1H3/b14-11-. The average Bonchev–Trinajstić information content (AvgIpc) is 2.84. The van der Waals surface area contributed by atoms with Gasteiger partial charge in [0.25, 0.3) is 0 Å². The molecule has 0 radical (unpaired) electrons. The first-order chi connectivity index (χ1) is 9.40. The zero-order valence-electron chi connectivity index (χ0n) is 11.8. The topological polar surface area (TPSA) is 18.5 Å². The van der Waals surface area contributed by atoms with Crippen LogP contribution in [0.1, 0.15) is 51.9 Å². The molecular formula is C16H23BO2. The van der Waals surface area contributed by atoms with Crippen LogP contribution >= 0.6 is 0 Å². The zero-order chi connectivity index (χ0) is 13.3. The molecule has 0 N–H and O–H groups in total. The summed E-state index contributed by atoms with van der Waals surface area (Å²) in [6.45, 7) is 2.25. The number of allylic oxidation sites excluding steroid dienone is 1. The van der Waals surface area contributed by atoms with Gasteiger partial charge >= 0.3 is 7.12 Å². The van der Waals surface area contributed by atoms with E-state index in [1.165, 1.54) is 38.5 Å². The van der Waals surface area contributed by atoms with E-state index in [2.05, 4.69) is 13.0 Å². The second kappa shape index (κ2) is 7.93. The smallest absolute Gasteiger partial charge is 0.520 e. The summed E-state index contributed by atoms with van der Waals surface area (Å²) < 4.78 is 11.3. The van der Waals surface area contributed by atoms with E-state index >= 15 is 0 Å². The lowest BCUT2D eigenvalue weighted by molar-refractivity contribution is 0.516. The van der Waals surface area contributed by atoms with E-state index in [1.54, 1.807) is 0 Å². The van der Waals surface area contributed by atoms with Crippen LogP contribution in [0, 0.1) is 0 Å². The molecule has 0 amide bonds. The van der Waals surface area contributed by atoms with Crippen molar-refractivity contribution in [3.05, 3.63) is 36.3 Å². The van der Waals surface area contributed by atoms with Crippen molar-refractivity contribution in [1.29, 1.82) is 0 Å². The predicted molar refractivity (Wildman–Crippen MR) is 80.6 cm³/mol. The van der Waals surface area contributed by atoms with Gasteiger partial charge in [0.05, 0.1) is 0 Å². The molecule has 0 atom stereocenters. The predicted octanol–water partition coefficient (Wildman–Crippen LogP) is 4.79. The van der Waals surface area contributed by atoms with Gasteiger partial charge in [0, 0.05) is 0 Å². The minimum Gasteiger partial charge on any atom is -0.520 e. The molecule has 2 rings (SSSR count). The highest BCUT2D eigenvalue weighted by atomic mass is 16.6. The summed E-state index contributed by atoms with van der Waals surface area (Å²) in [6, 6.07) is 7.81. The van der Waals surface area contributed by atoms with Crippen molar-refractivity contribution >= 4 is 7.12 Å². The van der Waals surface area contributed by atoms with Crippen LogP contribution in [0.25, 0.3) is 0 Å². The minimum atomic E-state index is -0.238. The average molecular weight is 258 g/mol. The van der Waals surface area contributed by atoms with Crippen molar-refractivity contribution in [3.63, 3.8) is 0 Å². The fourth-order valence-electron chi connectivity index (χ4n) is 2.25. The van der Waals surface area contributed by atoms with Gasteiger partial charge in [0.15, 0.2) is 0 Å². The Morgan fingerprint density at radius 1 is 0.947 bits per heavy atom. The summed E-state index contributed by atoms with van der Waals surface area (Å²) in [5, 5.41) is 0. The monoisotopic (exact) mass is 258 g/mol. The van der Waals surface area contributed by atoms with Gasteiger partial charge < -0.3 is 9.31 Å². The molecule has 102 valence electrons. The highest BCUT2D eigenvalue weighted by Gasteiger charge is 2.28. The van der Waals surface area contributed by atoms with Crippen molar-refractivity contribution in [3.8, 4) is 11.5 Å². The number of para-hydroxylation sites is 2. The summed E-state index contributed by atoms with van der Waals surface area (Å²) in [5.41, 5.74) is 0. The Kier molecular flexibility index (Phi) is 5.86. The molecule has 1 aliphatic rings. The Bertz CT molecular complexity index is 378. The number of rotatable bonds is 8. The van der Waals surface area contributed by atoms with Crippen LogP contribution in [0.4, 0.5) is 0 Å². The molecule has 1 aliphatic heterocycles. The highest BCUT2D eigenvalue weighted by molar-refractivity contribution is 6.53. The molecule has 0 bridgehead atoms. The molecule has 1 heterocycles. The Hall–Kier alpha value is -1.38. The molecule has 19 heavy (non-hydrogen) atoms. The minimum absolute atomic E-state index is 0.238. The quantitative estimate of drug-likeness (QED) is 0.493. The van der Waals surface area contributed by atoms with E-state index in [4.69, 9.17) is 9.31 Å². The van der Waals surface area contributed by atoms with Gasteiger partial charge in [-0.15, -0.1) is 0 Å². The Morgan fingerprint density at radius 3 is 2.26 bits per heavy atom. The highest BCUT2D eigenvalue weighted by Crippen LogP contribution is 2.32. The third-order valence-electron chi connectivity index (χ3n) is 3.35. The van der Waals surface area contributed by atoms with Gasteiger partial charge in [-0.2, -0.15) is 0 Å². The van der Waals surface area contributed by atoms with Gasteiger partial charge in [-0.3, -0.25) is 0 Å². The summed E-state index contributed by atoms with van der Waals surface area (Å²) in [6.07, 6.45) is 11.3. The third kappa shape index (κ3) is 4.66. The van der Waals surface area contributed by atoms with Crippen LogP contribution < -0.4 is 9.31 Å². The summed E-state index contributed by atoms with van der Waals surface area (Å²) >= 11 is 0. The van der Waals surface area contributed by atoms with Crippen LogP contribution in [0.15, 0.2) is 36.3 Å². The molecule has 0 aromatic heterocycles. The lowest BCUT2D eigenvalue weighted by atomic mass is 9.89. The van der Waals surface area contributed by atoms with Gasteiger partial charge in [-0.1, -0.05) is 57.2 Å². The maximum atomic E-state index is 5.66. The van der Waals surface area contributed by atoms with E-state index in [0.717, 1.165) is 17.9 Å². The number of unbranched alkanes of at least 4 members (excludes halogenated alkanes) is 6. The molecule has 1 aromatic carbocycles. The van der Waals surface area contributed by atoms with Crippen molar-refractivity contribution in [1.82, 2.24) is 0 Å². The first-order valence-corrected chi connectivity index (χ1v) is 7.49. The normalized spacial score (nSPS) is 13.4. The van der Waals surface area contributed by atoms with Gasteiger partial charge in [-0.05, 0) is 30.9 Å². The molecule has 0 unspecified atom stereocenters. The summed E-state index contributed by atoms with van der Waals surface area (Å²) in [7, 11) is -0.238. The Morgan fingerprint density at radius 2 is 1.58 bits per heavy atom. The summed E-state index contributed by atoms with van der Waals surface area (Å²) in [5.74, 6) is 3.71. The van der Waals surface area contributed by atoms with Gasteiger partial charge in [0.1, 0.15) is 11.5 Å². The largest absolute Gasteiger partial charge is 0.624 e. The first-order valence-electron chi connectivity index (χ1n) is 7.49. The molecular weight excluding hydrogens is 235 g/mol. The fourth-order valence-corrected chi connectivity index (χ4v) is 2.25. The lowest BCUT2D eigenvalue weighted by Crippen LogP contribution is -2.21. The Balaban J connectivity index is 1.58. The third-order valence-corrected chi connectivity index (χ3v) is 3.35. The van der Waals surface area contributed by atoms with Crippen molar-refractivity contribution in [2.75, 3.05) is 0 Å². The van der Waals surface area contributed by atoms with Crippen molar-refractivity contribution < 1.29 is 9.31 Å². The van der Waals surface area contributed by atoms with E-state index in [1.807, 2.05) is 30.2 Å². The van der Waals surface area contributed by atoms with Crippen LogP contribution in [0.5, 0.6) is 11.5 Å². The number of hydrogen-bond acceptors (Lipinski definition) is 2. The van der Waals surface area contributed by atoms with Crippen LogP contribution in [0.2, 0.25) is 0 Å². The SMILES string of the molecule is CCCCCCCC/C=C\B1Oc2ccccc2O1. The zero-order valence-corrected chi connectivity index (χ0v) is 11.8. The number of fused-ring (bicyclic) bond motifs is 1. The van der Waals surface area contributed by atoms with E-state index < -0.39 is 0 Å². The van der Waals surface area contributed by atoms with Crippen LogP contribution in [-0.4, -0.2) is 7.12 Å². The fraction of sp³-hybridized carbons (Fsp3) is 0.500. The van der Waals surface area contributed by atoms with Crippen molar-refractivity contribution in [2.45, 2.75) is 51.9 Å². The second-order valence-electron chi connectivity index (χ2n) is 5.04. The van der Waals surface area contributed by atoms with Crippen molar-refractivity contribution in [2.24, 2.45) is 0 Å². The number of hydrogen-bond donors (Lipinski definition) is 0. The second-order valence-corrected chi connectivity index (χ2v) is 5.04. The van der Waals surface area contributed by atoms with E-state index in [-0.39, 0.29) is 7.12 Å². The van der Waals surface area contributed by atoms with E-state index in [9.17, 15) is 0 Å². The van der Waals surface area contributed by atoms with Gasteiger partial charge in [-0.25, -0.2) is 0 Å². The maximum absolute atomic E-state index is 5.66. The summed E-state index contributed by atoms with van der Waals surface area (Å²) in [4.78, 5) is 0. The van der Waals surface area contributed by atoms with E-state index in [0.29, 0.717) is 0 Å². The molecule has 3 heteroatoms. The lowest BCUT2D eigenvalue weighted by Gasteiger charge is -1.99. The maximum Gasteiger partial charge on any atom is 0.624 e. The van der Waals surface area contributed by atoms with Crippen LogP contribution in [-0.2, 0) is 0 Å². The molecule has 0 aliphatic carbocycles. The molecule has 0 saturated heterocycles. The molecule has 0 spiro atoms. The van der Waals surface area contributed by atoms with Crippen LogP contribution in [0.3, 0.4) is 0 Å². The molecule has 1 aromatic rings.